The van der Waals surface area contributed by atoms with E-state index in [1.54, 1.807) is 0 Å². The molecule has 1 fully saturated rings. The van der Waals surface area contributed by atoms with E-state index in [4.69, 9.17) is 0 Å². The molecule has 180 valence electrons. The second-order valence-electron chi connectivity index (χ2n) is 6.50. The van der Waals surface area contributed by atoms with Crippen LogP contribution in [0.5, 0.6) is 0 Å². The van der Waals surface area contributed by atoms with E-state index >= 15 is 0 Å². The van der Waals surface area contributed by atoms with Gasteiger partial charge >= 0.3 is 24.7 Å². The molecule has 0 aromatic carbocycles. The molecule has 1 saturated heterocycles. The van der Waals surface area contributed by atoms with E-state index in [2.05, 4.69) is 14.7 Å². The molecular weight excluding hydrogens is 492 g/mol. The SMILES string of the molecule is O/C(=C1\OC1c1cc(C(F)(F)F)nc(C(F)(F)F)c1)c1cc(C(F)(F)F)nc(C(F)(F)F)c1. The molecule has 0 aliphatic carbocycles. The number of pyridine rings is 2. The van der Waals surface area contributed by atoms with Gasteiger partial charge in [-0.05, 0) is 24.3 Å². The summed E-state index contributed by atoms with van der Waals surface area (Å²) in [6.45, 7) is 0. The minimum atomic E-state index is -5.38. The smallest absolute Gasteiger partial charge is 0.433 e. The van der Waals surface area contributed by atoms with Crippen molar-refractivity contribution in [1.82, 2.24) is 9.97 Å². The Balaban J connectivity index is 2.09. The molecule has 0 saturated carbocycles. The molecule has 0 bridgehead atoms. The van der Waals surface area contributed by atoms with E-state index in [-0.39, 0.29) is 24.3 Å². The summed E-state index contributed by atoms with van der Waals surface area (Å²) in [7, 11) is 0. The van der Waals surface area contributed by atoms with Crippen molar-refractivity contribution in [2.75, 3.05) is 0 Å². The summed E-state index contributed by atoms with van der Waals surface area (Å²) in [6, 6.07) is 0.278. The Kier molecular flexibility index (Phi) is 5.49. The highest BCUT2D eigenvalue weighted by Gasteiger charge is 2.45. The molecule has 1 unspecified atom stereocenters. The number of halogens is 12. The summed E-state index contributed by atoms with van der Waals surface area (Å²) < 4.78 is 159. The van der Waals surface area contributed by atoms with Crippen molar-refractivity contribution in [3.63, 3.8) is 0 Å². The molecule has 33 heavy (non-hydrogen) atoms. The number of hydrogen-bond acceptors (Lipinski definition) is 4. The summed E-state index contributed by atoms with van der Waals surface area (Å²) in [5.74, 6) is -2.22. The van der Waals surface area contributed by atoms with Gasteiger partial charge in [-0.25, -0.2) is 9.97 Å². The molecule has 1 N–H and O–H groups in total. The summed E-state index contributed by atoms with van der Waals surface area (Å²) in [5, 5.41) is 10.1. The Labute approximate surface area is 174 Å². The Morgan fingerprint density at radius 3 is 1.30 bits per heavy atom. The van der Waals surface area contributed by atoms with Gasteiger partial charge in [-0.2, -0.15) is 52.7 Å². The number of nitrogens with zero attached hydrogens (tertiary/aromatic N) is 2. The molecular formula is C17H6F12N2O2. The topological polar surface area (TPSA) is 58.5 Å². The van der Waals surface area contributed by atoms with Crippen LogP contribution in [0.3, 0.4) is 0 Å². The van der Waals surface area contributed by atoms with E-state index in [9.17, 15) is 57.8 Å². The van der Waals surface area contributed by atoms with Crippen molar-refractivity contribution in [3.8, 4) is 0 Å². The largest absolute Gasteiger partial charge is 0.504 e. The first kappa shape index (κ1) is 24.4. The number of aliphatic hydroxyl groups excluding tert-OH is 1. The van der Waals surface area contributed by atoms with Crippen molar-refractivity contribution in [1.29, 1.82) is 0 Å². The Morgan fingerprint density at radius 2 is 0.970 bits per heavy atom. The van der Waals surface area contributed by atoms with Crippen LogP contribution in [0.15, 0.2) is 30.0 Å². The van der Waals surface area contributed by atoms with E-state index < -0.39 is 76.2 Å². The van der Waals surface area contributed by atoms with Crippen molar-refractivity contribution in [3.05, 3.63) is 63.9 Å². The highest BCUT2D eigenvalue weighted by Crippen LogP contribution is 2.49. The molecule has 1 aliphatic heterocycles. The summed E-state index contributed by atoms with van der Waals surface area (Å²) in [6.07, 6.45) is -23.2. The van der Waals surface area contributed by atoms with Gasteiger partial charge in [-0.1, -0.05) is 0 Å². The maximum atomic E-state index is 12.9. The third kappa shape index (κ3) is 5.24. The quantitative estimate of drug-likeness (QED) is 0.290. The lowest BCUT2D eigenvalue weighted by molar-refractivity contribution is -0.151. The first-order valence-corrected chi connectivity index (χ1v) is 8.21. The van der Waals surface area contributed by atoms with Gasteiger partial charge in [0.1, 0.15) is 22.8 Å². The van der Waals surface area contributed by atoms with Crippen LogP contribution >= 0.6 is 0 Å². The fourth-order valence-corrected chi connectivity index (χ4v) is 2.59. The van der Waals surface area contributed by atoms with Gasteiger partial charge in [0.15, 0.2) is 17.6 Å². The van der Waals surface area contributed by atoms with Crippen LogP contribution in [0, 0.1) is 0 Å². The summed E-state index contributed by atoms with van der Waals surface area (Å²) in [4.78, 5) is 4.86. The lowest BCUT2D eigenvalue weighted by atomic mass is 10.1. The van der Waals surface area contributed by atoms with Gasteiger partial charge in [0.25, 0.3) is 0 Å². The van der Waals surface area contributed by atoms with Crippen LogP contribution in [-0.2, 0) is 29.4 Å². The fourth-order valence-electron chi connectivity index (χ4n) is 2.59. The number of epoxide rings is 1. The van der Waals surface area contributed by atoms with Gasteiger partial charge in [0, 0.05) is 11.1 Å². The minimum Gasteiger partial charge on any atom is -0.504 e. The molecule has 1 aliphatic rings. The van der Waals surface area contributed by atoms with Gasteiger partial charge in [-0.15, -0.1) is 0 Å². The number of aromatic nitrogens is 2. The summed E-state index contributed by atoms with van der Waals surface area (Å²) in [5.41, 5.74) is -10.0. The highest BCUT2D eigenvalue weighted by molar-refractivity contribution is 5.65. The van der Waals surface area contributed by atoms with Crippen molar-refractivity contribution in [2.24, 2.45) is 0 Å². The second-order valence-corrected chi connectivity index (χ2v) is 6.50. The number of aliphatic hydroxyl groups is 1. The van der Waals surface area contributed by atoms with E-state index in [0.29, 0.717) is 0 Å². The first-order valence-electron chi connectivity index (χ1n) is 8.21. The third-order valence-electron chi connectivity index (χ3n) is 4.07. The Hall–Kier alpha value is -3.20. The lowest BCUT2D eigenvalue weighted by Gasteiger charge is -2.12. The number of hydrogen-bond donors (Lipinski definition) is 1. The molecule has 0 radical (unpaired) electrons. The predicted octanol–water partition coefficient (Wildman–Crippen LogP) is 6.55. The Bertz CT molecular complexity index is 1050. The maximum Gasteiger partial charge on any atom is 0.433 e. The highest BCUT2D eigenvalue weighted by atomic mass is 19.4. The zero-order valence-electron chi connectivity index (χ0n) is 15.2. The van der Waals surface area contributed by atoms with E-state index in [1.807, 2.05) is 0 Å². The van der Waals surface area contributed by atoms with Crippen molar-refractivity contribution in [2.45, 2.75) is 30.8 Å². The monoisotopic (exact) mass is 498 g/mol. The van der Waals surface area contributed by atoms with Crippen LogP contribution in [0.4, 0.5) is 52.7 Å². The van der Waals surface area contributed by atoms with Crippen LogP contribution in [-0.4, -0.2) is 15.1 Å². The third-order valence-corrected chi connectivity index (χ3v) is 4.07. The lowest BCUT2D eigenvalue weighted by Crippen LogP contribution is -2.16. The van der Waals surface area contributed by atoms with Gasteiger partial charge in [0.05, 0.1) is 0 Å². The van der Waals surface area contributed by atoms with Gasteiger partial charge < -0.3 is 9.84 Å². The average Bonchev–Trinajstić information content (AvgIpc) is 3.44. The molecule has 0 amide bonds. The number of alkyl halides is 12. The predicted molar refractivity (Wildman–Crippen MR) is 81.9 cm³/mol. The summed E-state index contributed by atoms with van der Waals surface area (Å²) >= 11 is 0. The molecule has 16 heteroatoms. The molecule has 2 aromatic heterocycles. The van der Waals surface area contributed by atoms with E-state index in [1.165, 1.54) is 0 Å². The molecule has 3 heterocycles. The first-order chi connectivity index (χ1) is 14.8. The van der Waals surface area contributed by atoms with Crippen molar-refractivity contribution < 1.29 is 62.5 Å². The normalized spacial score (nSPS) is 18.7. The van der Waals surface area contributed by atoms with Crippen molar-refractivity contribution >= 4 is 5.76 Å². The van der Waals surface area contributed by atoms with Crippen LogP contribution < -0.4 is 0 Å². The molecule has 4 nitrogen and oxygen atoms in total. The average molecular weight is 498 g/mol. The van der Waals surface area contributed by atoms with Gasteiger partial charge in [-0.3, -0.25) is 0 Å². The van der Waals surface area contributed by atoms with Crippen LogP contribution in [0.25, 0.3) is 5.76 Å². The standard InChI is InChI=1S/C17H6F12N2O2/c18-14(19,20)7-1-5(2-8(30-7)15(21,22)23)11(32)13-12(33-13)6-3-9(16(24,25)26)31-10(4-6)17(27,28)29/h1-4,12,32H/b13-11-. The molecule has 1 atom stereocenters. The van der Waals surface area contributed by atoms with E-state index in [0.717, 1.165) is 0 Å². The molecule has 2 aromatic rings. The minimum absolute atomic E-state index is 0.00511. The maximum absolute atomic E-state index is 12.9. The van der Waals surface area contributed by atoms with Gasteiger partial charge in [0.2, 0.25) is 0 Å². The Morgan fingerprint density at radius 1 is 0.636 bits per heavy atom. The molecule has 3 rings (SSSR count). The van der Waals surface area contributed by atoms with Crippen LogP contribution in [0.2, 0.25) is 0 Å². The number of rotatable bonds is 2. The van der Waals surface area contributed by atoms with Crippen LogP contribution in [0.1, 0.15) is 40.0 Å². The zero-order chi connectivity index (χ0) is 25.1. The fraction of sp³-hybridized carbons (Fsp3) is 0.294. The molecule has 0 spiro atoms. The second kappa shape index (κ2) is 7.41. The number of ether oxygens (including phenoxy) is 1. The zero-order valence-corrected chi connectivity index (χ0v) is 15.2.